The van der Waals surface area contributed by atoms with Gasteiger partial charge in [-0.3, -0.25) is 9.69 Å². The summed E-state index contributed by atoms with van der Waals surface area (Å²) in [5.74, 6) is -0.0133. The average Bonchev–Trinajstić information content (AvgIpc) is 2.78. The molecular formula is C25H25ClN2O. The Hall–Kier alpha value is -2.62. The van der Waals surface area contributed by atoms with E-state index in [-0.39, 0.29) is 11.4 Å². The van der Waals surface area contributed by atoms with Crippen LogP contribution in [0.5, 0.6) is 0 Å². The quantitative estimate of drug-likeness (QED) is 0.629. The van der Waals surface area contributed by atoms with Gasteiger partial charge in [-0.1, -0.05) is 72.3 Å². The molecule has 1 amide bonds. The monoisotopic (exact) mass is 404 g/mol. The standard InChI is InChI=1S/C25H25ClN2O/c26-23-13-11-20(12-14-23)19-28-17-15-25(16-18-28,22-9-5-2-6-10-22)27-24(29)21-7-3-1-4-8-21/h1-14H,15-19H2,(H,27,29). The second-order valence-electron chi connectivity index (χ2n) is 7.67. The highest BCUT2D eigenvalue weighted by molar-refractivity contribution is 6.30. The molecule has 0 atom stereocenters. The van der Waals surface area contributed by atoms with E-state index in [9.17, 15) is 4.79 Å². The van der Waals surface area contributed by atoms with Crippen molar-refractivity contribution in [2.75, 3.05) is 13.1 Å². The van der Waals surface area contributed by atoms with Gasteiger partial charge in [0, 0.05) is 30.2 Å². The van der Waals surface area contributed by atoms with Gasteiger partial charge >= 0.3 is 0 Å². The largest absolute Gasteiger partial charge is 0.342 e. The van der Waals surface area contributed by atoms with E-state index in [2.05, 4.69) is 34.5 Å². The van der Waals surface area contributed by atoms with E-state index in [4.69, 9.17) is 11.6 Å². The van der Waals surface area contributed by atoms with Crippen LogP contribution in [-0.2, 0) is 12.1 Å². The highest BCUT2D eigenvalue weighted by Crippen LogP contribution is 2.34. The van der Waals surface area contributed by atoms with E-state index in [0.29, 0.717) is 5.56 Å². The molecule has 3 aromatic carbocycles. The molecular weight excluding hydrogens is 380 g/mol. The van der Waals surface area contributed by atoms with Crippen LogP contribution in [0.4, 0.5) is 0 Å². The summed E-state index contributed by atoms with van der Waals surface area (Å²) in [5.41, 5.74) is 2.79. The first-order valence-electron chi connectivity index (χ1n) is 10.0. The molecule has 3 aromatic rings. The number of hydrogen-bond donors (Lipinski definition) is 1. The Kier molecular flexibility index (Phi) is 5.98. The second-order valence-corrected chi connectivity index (χ2v) is 8.11. The molecule has 1 aliphatic rings. The smallest absolute Gasteiger partial charge is 0.251 e. The first-order chi connectivity index (χ1) is 14.1. The Morgan fingerprint density at radius 3 is 2.07 bits per heavy atom. The fourth-order valence-electron chi connectivity index (χ4n) is 4.06. The minimum absolute atomic E-state index is 0.0133. The van der Waals surface area contributed by atoms with Crippen LogP contribution >= 0.6 is 11.6 Å². The fourth-order valence-corrected chi connectivity index (χ4v) is 4.19. The van der Waals surface area contributed by atoms with Crippen LogP contribution in [-0.4, -0.2) is 23.9 Å². The van der Waals surface area contributed by atoms with Gasteiger partial charge in [0.1, 0.15) is 0 Å². The molecule has 0 saturated carbocycles. The van der Waals surface area contributed by atoms with Crippen molar-refractivity contribution in [3.05, 3.63) is 107 Å². The predicted molar refractivity (Wildman–Crippen MR) is 118 cm³/mol. The molecule has 1 fully saturated rings. The molecule has 29 heavy (non-hydrogen) atoms. The van der Waals surface area contributed by atoms with Gasteiger partial charge in [0.25, 0.3) is 5.91 Å². The van der Waals surface area contributed by atoms with Crippen molar-refractivity contribution >= 4 is 17.5 Å². The molecule has 1 heterocycles. The van der Waals surface area contributed by atoms with Gasteiger partial charge in [0.2, 0.25) is 0 Å². The van der Waals surface area contributed by atoms with Gasteiger partial charge in [0.05, 0.1) is 5.54 Å². The predicted octanol–water partition coefficient (Wildman–Crippen LogP) is 5.26. The SMILES string of the molecule is O=C(NC1(c2ccccc2)CCN(Cc2ccc(Cl)cc2)CC1)c1ccccc1. The number of halogens is 1. The Labute approximate surface area is 177 Å². The summed E-state index contributed by atoms with van der Waals surface area (Å²) in [6, 6.07) is 27.9. The average molecular weight is 405 g/mol. The second kappa shape index (κ2) is 8.81. The van der Waals surface area contributed by atoms with Gasteiger partial charge < -0.3 is 5.32 Å². The van der Waals surface area contributed by atoms with E-state index in [1.807, 2.05) is 60.7 Å². The topological polar surface area (TPSA) is 32.3 Å². The summed E-state index contributed by atoms with van der Waals surface area (Å²) in [5, 5.41) is 4.14. The van der Waals surface area contributed by atoms with Crippen molar-refractivity contribution in [1.29, 1.82) is 0 Å². The lowest BCUT2D eigenvalue weighted by Crippen LogP contribution is -2.52. The zero-order valence-electron chi connectivity index (χ0n) is 16.4. The number of carbonyl (C=O) groups is 1. The number of benzene rings is 3. The number of hydrogen-bond acceptors (Lipinski definition) is 2. The van der Waals surface area contributed by atoms with Crippen LogP contribution in [0.2, 0.25) is 5.02 Å². The van der Waals surface area contributed by atoms with Gasteiger partial charge in [-0.15, -0.1) is 0 Å². The normalized spacial score (nSPS) is 16.3. The van der Waals surface area contributed by atoms with Crippen molar-refractivity contribution in [3.63, 3.8) is 0 Å². The van der Waals surface area contributed by atoms with Gasteiger partial charge in [0.15, 0.2) is 0 Å². The number of nitrogens with zero attached hydrogens (tertiary/aromatic N) is 1. The number of rotatable bonds is 5. The molecule has 1 N–H and O–H groups in total. The molecule has 0 unspecified atom stereocenters. The highest BCUT2D eigenvalue weighted by atomic mass is 35.5. The van der Waals surface area contributed by atoms with Gasteiger partial charge in [-0.2, -0.15) is 0 Å². The summed E-state index contributed by atoms with van der Waals surface area (Å²) in [6.45, 7) is 2.74. The van der Waals surface area contributed by atoms with Gasteiger partial charge in [-0.05, 0) is 48.2 Å². The third kappa shape index (κ3) is 4.69. The summed E-state index contributed by atoms with van der Waals surface area (Å²) in [6.07, 6.45) is 1.76. The molecule has 0 bridgehead atoms. The summed E-state index contributed by atoms with van der Waals surface area (Å²) in [4.78, 5) is 15.4. The lowest BCUT2D eigenvalue weighted by Gasteiger charge is -2.43. The molecule has 1 aliphatic heterocycles. The van der Waals surface area contributed by atoms with Crippen molar-refractivity contribution in [3.8, 4) is 0 Å². The summed E-state index contributed by atoms with van der Waals surface area (Å²) in [7, 11) is 0. The van der Waals surface area contributed by atoms with Crippen LogP contribution in [0.25, 0.3) is 0 Å². The Balaban J connectivity index is 1.50. The number of amides is 1. The number of piperidine rings is 1. The summed E-state index contributed by atoms with van der Waals surface area (Å²) >= 11 is 6.00. The Morgan fingerprint density at radius 2 is 1.45 bits per heavy atom. The van der Waals surface area contributed by atoms with Crippen molar-refractivity contribution in [2.24, 2.45) is 0 Å². The zero-order chi connectivity index (χ0) is 20.1. The third-order valence-electron chi connectivity index (χ3n) is 5.74. The van der Waals surface area contributed by atoms with Crippen LogP contribution in [0.1, 0.15) is 34.3 Å². The molecule has 0 aromatic heterocycles. The Morgan fingerprint density at radius 1 is 0.862 bits per heavy atom. The van der Waals surface area contributed by atoms with Crippen molar-refractivity contribution in [1.82, 2.24) is 10.2 Å². The molecule has 3 nitrogen and oxygen atoms in total. The molecule has 4 heteroatoms. The van der Waals surface area contributed by atoms with Crippen LogP contribution < -0.4 is 5.32 Å². The molecule has 0 spiro atoms. The molecule has 0 aliphatic carbocycles. The molecule has 0 radical (unpaired) electrons. The number of likely N-dealkylation sites (tertiary alicyclic amines) is 1. The Bertz CT molecular complexity index is 934. The highest BCUT2D eigenvalue weighted by Gasteiger charge is 2.37. The van der Waals surface area contributed by atoms with Crippen molar-refractivity contribution in [2.45, 2.75) is 24.9 Å². The molecule has 1 saturated heterocycles. The maximum atomic E-state index is 13.0. The lowest BCUT2D eigenvalue weighted by molar-refractivity contribution is 0.0795. The van der Waals surface area contributed by atoms with E-state index in [0.717, 1.165) is 37.5 Å². The maximum Gasteiger partial charge on any atom is 0.251 e. The first kappa shape index (κ1) is 19.7. The molecule has 148 valence electrons. The fraction of sp³-hybridized carbons (Fsp3) is 0.240. The van der Waals surface area contributed by atoms with E-state index in [1.54, 1.807) is 0 Å². The van der Waals surface area contributed by atoms with E-state index < -0.39 is 0 Å². The first-order valence-corrected chi connectivity index (χ1v) is 10.4. The number of nitrogens with one attached hydrogen (secondary N) is 1. The van der Waals surface area contributed by atoms with E-state index in [1.165, 1.54) is 11.1 Å². The minimum Gasteiger partial charge on any atom is -0.342 e. The van der Waals surface area contributed by atoms with Gasteiger partial charge in [-0.25, -0.2) is 0 Å². The zero-order valence-corrected chi connectivity index (χ0v) is 17.1. The molecule has 4 rings (SSSR count). The lowest BCUT2D eigenvalue weighted by atomic mass is 9.80. The van der Waals surface area contributed by atoms with Crippen molar-refractivity contribution < 1.29 is 4.79 Å². The maximum absolute atomic E-state index is 13.0. The summed E-state index contributed by atoms with van der Waals surface area (Å²) < 4.78 is 0. The van der Waals surface area contributed by atoms with Crippen LogP contribution in [0, 0.1) is 0 Å². The number of carbonyl (C=O) groups excluding carboxylic acids is 1. The van der Waals surface area contributed by atoms with Crippen LogP contribution in [0.3, 0.4) is 0 Å². The van der Waals surface area contributed by atoms with Crippen LogP contribution in [0.15, 0.2) is 84.9 Å². The minimum atomic E-state index is -0.343. The van der Waals surface area contributed by atoms with E-state index >= 15 is 0 Å². The third-order valence-corrected chi connectivity index (χ3v) is 6.00.